The van der Waals surface area contributed by atoms with Gasteiger partial charge < -0.3 is 15.0 Å². The summed E-state index contributed by atoms with van der Waals surface area (Å²) in [6.45, 7) is 4.68. The van der Waals surface area contributed by atoms with E-state index in [-0.39, 0.29) is 0 Å². The van der Waals surface area contributed by atoms with Crippen LogP contribution in [-0.2, 0) is 6.54 Å². The molecule has 3 aromatic heterocycles. The maximum absolute atomic E-state index is 5.81. The molecule has 0 unspecified atom stereocenters. The molecule has 0 aliphatic carbocycles. The zero-order chi connectivity index (χ0) is 15.6. The van der Waals surface area contributed by atoms with Gasteiger partial charge in [0.15, 0.2) is 0 Å². The number of nitrogens with zero attached hydrogens (tertiary/aromatic N) is 6. The monoisotopic (exact) mass is 309 g/mol. The lowest BCUT2D eigenvalue weighted by molar-refractivity contribution is 0.246. The van der Waals surface area contributed by atoms with Gasteiger partial charge in [-0.1, -0.05) is 0 Å². The molecule has 23 heavy (non-hydrogen) atoms. The quantitative estimate of drug-likeness (QED) is 0.779. The fourth-order valence-corrected chi connectivity index (χ4v) is 2.93. The Hall–Kier alpha value is -2.67. The van der Waals surface area contributed by atoms with Crippen molar-refractivity contribution in [2.45, 2.75) is 6.54 Å². The number of hydrogen-bond donors (Lipinski definition) is 1. The summed E-state index contributed by atoms with van der Waals surface area (Å²) in [5.41, 5.74) is 8.56. The van der Waals surface area contributed by atoms with Gasteiger partial charge >= 0.3 is 0 Å². The van der Waals surface area contributed by atoms with E-state index in [2.05, 4.69) is 30.9 Å². The Bertz CT molecular complexity index is 791. The molecule has 1 saturated heterocycles. The Labute approximate surface area is 134 Å². The summed E-state index contributed by atoms with van der Waals surface area (Å²) in [6.07, 6.45) is 7.53. The summed E-state index contributed by atoms with van der Waals surface area (Å²) >= 11 is 0. The van der Waals surface area contributed by atoms with E-state index in [1.54, 1.807) is 12.4 Å². The van der Waals surface area contributed by atoms with Gasteiger partial charge in [0.2, 0.25) is 5.95 Å². The van der Waals surface area contributed by atoms with Crippen molar-refractivity contribution in [3.05, 3.63) is 48.7 Å². The predicted octanol–water partition coefficient (Wildman–Crippen LogP) is 1.03. The van der Waals surface area contributed by atoms with E-state index < -0.39 is 0 Å². The van der Waals surface area contributed by atoms with Crippen LogP contribution in [0.15, 0.2) is 43.0 Å². The van der Waals surface area contributed by atoms with Crippen LogP contribution in [0.2, 0.25) is 0 Å². The number of nitrogens with two attached hydrogens (primary N) is 1. The number of pyridine rings is 1. The molecule has 3 aromatic rings. The second-order valence-electron chi connectivity index (χ2n) is 5.77. The van der Waals surface area contributed by atoms with Gasteiger partial charge in [0.05, 0.1) is 5.69 Å². The van der Waals surface area contributed by atoms with E-state index in [0.717, 1.165) is 55.7 Å². The minimum Gasteiger partial charge on any atom is -0.398 e. The number of hydrogen-bond acceptors (Lipinski definition) is 6. The van der Waals surface area contributed by atoms with Gasteiger partial charge in [-0.05, 0) is 18.2 Å². The molecule has 0 aromatic carbocycles. The first kappa shape index (κ1) is 14.0. The third-order valence-corrected chi connectivity index (χ3v) is 4.12. The minimum atomic E-state index is 0.748. The van der Waals surface area contributed by atoms with Crippen LogP contribution in [0.4, 0.5) is 11.6 Å². The molecule has 118 valence electrons. The standard InChI is InChI=1S/C16H19N7/c17-13-2-3-15-20-14(12-23(15)10-13)11-21-6-8-22(9-7-21)16-18-4-1-5-19-16/h1-5,10,12H,6-9,11,17H2. The van der Waals surface area contributed by atoms with Crippen molar-refractivity contribution in [2.75, 3.05) is 36.8 Å². The Balaban J connectivity index is 1.40. The normalized spacial score (nSPS) is 16.1. The van der Waals surface area contributed by atoms with Crippen molar-refractivity contribution in [2.24, 2.45) is 0 Å². The second-order valence-corrected chi connectivity index (χ2v) is 5.77. The first-order chi connectivity index (χ1) is 11.3. The molecular formula is C16H19N7. The second kappa shape index (κ2) is 5.85. The molecule has 1 aliphatic rings. The van der Waals surface area contributed by atoms with Gasteiger partial charge in [-0.15, -0.1) is 0 Å². The molecule has 4 heterocycles. The summed E-state index contributed by atoms with van der Waals surface area (Å²) in [7, 11) is 0. The number of piperazine rings is 1. The summed E-state index contributed by atoms with van der Waals surface area (Å²) in [6, 6.07) is 5.67. The van der Waals surface area contributed by atoms with E-state index in [1.807, 2.05) is 28.8 Å². The highest BCUT2D eigenvalue weighted by atomic mass is 15.3. The summed E-state index contributed by atoms with van der Waals surface area (Å²) in [5, 5.41) is 0. The highest BCUT2D eigenvalue weighted by Crippen LogP contribution is 2.14. The summed E-state index contributed by atoms with van der Waals surface area (Å²) < 4.78 is 1.98. The van der Waals surface area contributed by atoms with Crippen molar-refractivity contribution < 1.29 is 0 Å². The van der Waals surface area contributed by atoms with Crippen molar-refractivity contribution in [3.63, 3.8) is 0 Å². The van der Waals surface area contributed by atoms with Crippen LogP contribution >= 0.6 is 0 Å². The van der Waals surface area contributed by atoms with Gasteiger partial charge in [0.25, 0.3) is 0 Å². The summed E-state index contributed by atoms with van der Waals surface area (Å²) in [5.74, 6) is 0.815. The number of anilines is 2. The Morgan fingerprint density at radius 2 is 1.78 bits per heavy atom. The number of rotatable bonds is 3. The first-order valence-electron chi connectivity index (χ1n) is 7.75. The van der Waals surface area contributed by atoms with Crippen molar-refractivity contribution >= 4 is 17.3 Å². The topological polar surface area (TPSA) is 75.6 Å². The Morgan fingerprint density at radius 3 is 2.57 bits per heavy atom. The lowest BCUT2D eigenvalue weighted by Gasteiger charge is -2.34. The Kier molecular flexibility index (Phi) is 3.55. The van der Waals surface area contributed by atoms with Crippen LogP contribution in [0.25, 0.3) is 5.65 Å². The van der Waals surface area contributed by atoms with Crippen molar-refractivity contribution in [3.8, 4) is 0 Å². The molecule has 7 heteroatoms. The zero-order valence-corrected chi connectivity index (χ0v) is 12.8. The van der Waals surface area contributed by atoms with E-state index in [0.29, 0.717) is 0 Å². The molecule has 1 aliphatic heterocycles. The highest BCUT2D eigenvalue weighted by Gasteiger charge is 2.19. The van der Waals surface area contributed by atoms with Crippen molar-refractivity contribution in [1.29, 1.82) is 0 Å². The van der Waals surface area contributed by atoms with Crippen LogP contribution in [0.5, 0.6) is 0 Å². The van der Waals surface area contributed by atoms with Gasteiger partial charge in [-0.3, -0.25) is 4.90 Å². The third-order valence-electron chi connectivity index (χ3n) is 4.12. The fourth-order valence-electron chi connectivity index (χ4n) is 2.93. The Morgan fingerprint density at radius 1 is 1.00 bits per heavy atom. The molecule has 0 spiro atoms. The first-order valence-corrected chi connectivity index (χ1v) is 7.75. The summed E-state index contributed by atoms with van der Waals surface area (Å²) in [4.78, 5) is 17.9. The largest absolute Gasteiger partial charge is 0.398 e. The van der Waals surface area contributed by atoms with Gasteiger partial charge in [0.1, 0.15) is 5.65 Å². The maximum atomic E-state index is 5.81. The average molecular weight is 309 g/mol. The van der Waals surface area contributed by atoms with E-state index in [9.17, 15) is 0 Å². The number of imidazole rings is 1. The van der Waals surface area contributed by atoms with Crippen LogP contribution in [0, 0.1) is 0 Å². The molecule has 1 fully saturated rings. The maximum Gasteiger partial charge on any atom is 0.225 e. The predicted molar refractivity (Wildman–Crippen MR) is 89.1 cm³/mol. The molecule has 2 N–H and O–H groups in total. The van der Waals surface area contributed by atoms with Gasteiger partial charge in [0, 0.05) is 63.2 Å². The number of aromatic nitrogens is 4. The molecule has 0 atom stereocenters. The molecule has 0 amide bonds. The third kappa shape index (κ3) is 2.95. The molecular weight excluding hydrogens is 290 g/mol. The van der Waals surface area contributed by atoms with E-state index >= 15 is 0 Å². The van der Waals surface area contributed by atoms with Gasteiger partial charge in [-0.2, -0.15) is 0 Å². The van der Waals surface area contributed by atoms with Crippen LogP contribution < -0.4 is 10.6 Å². The molecule has 7 nitrogen and oxygen atoms in total. The van der Waals surface area contributed by atoms with E-state index in [4.69, 9.17) is 5.73 Å². The van der Waals surface area contributed by atoms with E-state index in [1.165, 1.54) is 0 Å². The SMILES string of the molecule is Nc1ccc2nc(CN3CCN(c4ncccn4)CC3)cn2c1. The van der Waals surface area contributed by atoms with Crippen LogP contribution in [0.3, 0.4) is 0 Å². The molecule has 0 bridgehead atoms. The molecule has 0 radical (unpaired) electrons. The lowest BCUT2D eigenvalue weighted by Crippen LogP contribution is -2.46. The number of nitrogen functional groups attached to an aromatic ring is 1. The minimum absolute atomic E-state index is 0.748. The smallest absolute Gasteiger partial charge is 0.225 e. The van der Waals surface area contributed by atoms with Crippen LogP contribution in [-0.4, -0.2) is 50.4 Å². The van der Waals surface area contributed by atoms with Gasteiger partial charge in [-0.25, -0.2) is 15.0 Å². The molecule has 0 saturated carbocycles. The van der Waals surface area contributed by atoms with Crippen LogP contribution in [0.1, 0.15) is 5.69 Å². The average Bonchev–Trinajstić information content (AvgIpc) is 2.97. The zero-order valence-electron chi connectivity index (χ0n) is 12.8. The van der Waals surface area contributed by atoms with Crippen molar-refractivity contribution in [1.82, 2.24) is 24.3 Å². The highest BCUT2D eigenvalue weighted by molar-refractivity contribution is 5.48. The molecule has 4 rings (SSSR count). The fraction of sp³-hybridized carbons (Fsp3) is 0.312. The number of fused-ring (bicyclic) bond motifs is 1. The lowest BCUT2D eigenvalue weighted by atomic mass is 10.3.